The summed E-state index contributed by atoms with van der Waals surface area (Å²) in [5.41, 5.74) is 0.505. The molecule has 1 heterocycles. The molecule has 20 heavy (non-hydrogen) atoms. The van der Waals surface area contributed by atoms with E-state index >= 15 is 0 Å². The van der Waals surface area contributed by atoms with Gasteiger partial charge in [0.15, 0.2) is 0 Å². The Bertz CT molecular complexity index is 367. The zero-order valence-electron chi connectivity index (χ0n) is 13.5. The van der Waals surface area contributed by atoms with Gasteiger partial charge in [-0.05, 0) is 37.0 Å². The molecule has 4 nitrogen and oxygen atoms in total. The highest BCUT2D eigenvalue weighted by Crippen LogP contribution is 2.48. The fourth-order valence-electron chi connectivity index (χ4n) is 4.44. The summed E-state index contributed by atoms with van der Waals surface area (Å²) >= 11 is 0. The number of ether oxygens (including phenoxy) is 1. The molecule has 1 aliphatic heterocycles. The number of hydrogen-bond acceptors (Lipinski definition) is 3. The van der Waals surface area contributed by atoms with Gasteiger partial charge in [0.25, 0.3) is 0 Å². The Labute approximate surface area is 122 Å². The zero-order chi connectivity index (χ0) is 15.2. The summed E-state index contributed by atoms with van der Waals surface area (Å²) in [5, 5.41) is 8.71. The minimum atomic E-state index is -0.885. The van der Waals surface area contributed by atoms with Crippen molar-refractivity contribution >= 4 is 5.97 Å². The lowest BCUT2D eigenvalue weighted by Gasteiger charge is -2.56. The van der Waals surface area contributed by atoms with Gasteiger partial charge in [0, 0.05) is 19.1 Å². The molecule has 0 aromatic heterocycles. The largest absolute Gasteiger partial charge is 0.480 e. The number of aliphatic carboxylic acids is 1. The molecule has 2 rings (SSSR count). The summed E-state index contributed by atoms with van der Waals surface area (Å²) in [6, 6.07) is 0.607. The van der Waals surface area contributed by atoms with E-state index in [0.717, 1.165) is 13.1 Å². The van der Waals surface area contributed by atoms with Crippen molar-refractivity contribution in [3.05, 3.63) is 0 Å². The molecule has 1 aliphatic carbocycles. The van der Waals surface area contributed by atoms with E-state index in [1.54, 1.807) is 0 Å². The Balaban J connectivity index is 1.90. The minimum absolute atomic E-state index is 0.188. The van der Waals surface area contributed by atoms with E-state index in [-0.39, 0.29) is 12.2 Å². The summed E-state index contributed by atoms with van der Waals surface area (Å²) in [6.45, 7) is 13.0. The van der Waals surface area contributed by atoms with Gasteiger partial charge in [-0.3, -0.25) is 4.90 Å². The predicted molar refractivity (Wildman–Crippen MR) is 78.8 cm³/mol. The van der Waals surface area contributed by atoms with Crippen molar-refractivity contribution in [2.24, 2.45) is 10.8 Å². The van der Waals surface area contributed by atoms with Crippen molar-refractivity contribution in [2.45, 2.75) is 65.5 Å². The van der Waals surface area contributed by atoms with Crippen LogP contribution in [0.4, 0.5) is 0 Å². The molecular formula is C16H29NO3. The lowest BCUT2D eigenvalue weighted by atomic mass is 9.63. The van der Waals surface area contributed by atoms with Gasteiger partial charge in [-0.15, -0.1) is 0 Å². The van der Waals surface area contributed by atoms with Crippen LogP contribution in [0.3, 0.4) is 0 Å². The third kappa shape index (κ3) is 3.73. The molecule has 0 unspecified atom stereocenters. The van der Waals surface area contributed by atoms with Crippen LogP contribution in [0.5, 0.6) is 0 Å². The van der Waals surface area contributed by atoms with Crippen LogP contribution in [0.2, 0.25) is 0 Å². The number of carbonyl (C=O) groups is 1. The van der Waals surface area contributed by atoms with Crippen LogP contribution in [0.1, 0.15) is 53.9 Å². The number of carboxylic acid groups (broad SMARTS) is 1. The third-order valence-electron chi connectivity index (χ3n) is 4.67. The Morgan fingerprint density at radius 2 is 1.65 bits per heavy atom. The molecule has 0 atom stereocenters. The Kier molecular flexibility index (Phi) is 3.93. The number of hydrogen-bond donors (Lipinski definition) is 1. The van der Waals surface area contributed by atoms with Crippen molar-refractivity contribution in [3.63, 3.8) is 0 Å². The summed E-state index contributed by atoms with van der Waals surface area (Å²) in [4.78, 5) is 13.1. The molecule has 1 saturated heterocycles. The minimum Gasteiger partial charge on any atom is -0.480 e. The second kappa shape index (κ2) is 4.99. The monoisotopic (exact) mass is 283 g/mol. The van der Waals surface area contributed by atoms with Gasteiger partial charge < -0.3 is 9.84 Å². The fraction of sp³-hybridized carbons (Fsp3) is 0.938. The molecule has 0 bridgehead atoms. The van der Waals surface area contributed by atoms with Crippen LogP contribution in [-0.4, -0.2) is 47.3 Å². The molecule has 2 fully saturated rings. The van der Waals surface area contributed by atoms with Gasteiger partial charge in [0.05, 0.1) is 5.60 Å². The maximum atomic E-state index is 10.6. The van der Waals surface area contributed by atoms with Gasteiger partial charge >= 0.3 is 5.97 Å². The highest BCUT2D eigenvalue weighted by atomic mass is 16.5. The second-order valence-corrected chi connectivity index (χ2v) is 8.60. The van der Waals surface area contributed by atoms with Crippen LogP contribution in [0.15, 0.2) is 0 Å². The van der Waals surface area contributed by atoms with Gasteiger partial charge in [0.1, 0.15) is 6.61 Å². The molecular weight excluding hydrogens is 254 g/mol. The molecule has 0 aromatic carbocycles. The van der Waals surface area contributed by atoms with Crippen molar-refractivity contribution in [1.29, 1.82) is 0 Å². The van der Waals surface area contributed by atoms with E-state index < -0.39 is 5.97 Å². The lowest BCUT2D eigenvalue weighted by Crippen LogP contribution is -2.66. The van der Waals surface area contributed by atoms with Gasteiger partial charge in [-0.1, -0.05) is 27.7 Å². The highest BCUT2D eigenvalue weighted by molar-refractivity contribution is 5.68. The predicted octanol–water partition coefficient (Wildman–Crippen LogP) is 2.77. The molecule has 0 amide bonds. The van der Waals surface area contributed by atoms with Gasteiger partial charge in [-0.25, -0.2) is 4.79 Å². The number of nitrogens with zero attached hydrogens (tertiary/aromatic N) is 1. The first-order chi connectivity index (χ1) is 9.00. The summed E-state index contributed by atoms with van der Waals surface area (Å²) < 4.78 is 5.51. The zero-order valence-corrected chi connectivity index (χ0v) is 13.5. The highest BCUT2D eigenvalue weighted by Gasteiger charge is 2.48. The summed E-state index contributed by atoms with van der Waals surface area (Å²) in [6.07, 6.45) is 3.73. The van der Waals surface area contributed by atoms with E-state index in [1.807, 2.05) is 6.92 Å². The first kappa shape index (κ1) is 15.8. The van der Waals surface area contributed by atoms with Crippen LogP contribution in [0, 0.1) is 10.8 Å². The molecule has 1 N–H and O–H groups in total. The van der Waals surface area contributed by atoms with E-state index in [2.05, 4.69) is 32.6 Å². The quantitative estimate of drug-likeness (QED) is 0.862. The lowest BCUT2D eigenvalue weighted by molar-refractivity contribution is -0.175. The van der Waals surface area contributed by atoms with Gasteiger partial charge in [-0.2, -0.15) is 0 Å². The molecule has 1 saturated carbocycles. The first-order valence-corrected chi connectivity index (χ1v) is 7.60. The number of likely N-dealkylation sites (tertiary alicyclic amines) is 1. The fourth-order valence-corrected chi connectivity index (χ4v) is 4.44. The van der Waals surface area contributed by atoms with Crippen molar-refractivity contribution in [3.8, 4) is 0 Å². The number of rotatable bonds is 4. The summed E-state index contributed by atoms with van der Waals surface area (Å²) in [7, 11) is 0. The van der Waals surface area contributed by atoms with Crippen molar-refractivity contribution in [2.75, 3.05) is 19.7 Å². The SMILES string of the molecule is CC1(C)CC(N2CC(C)(OCC(=O)O)C2)CC(C)(C)C1. The maximum Gasteiger partial charge on any atom is 0.329 e. The molecule has 0 spiro atoms. The molecule has 0 aromatic rings. The average molecular weight is 283 g/mol. The van der Waals surface area contributed by atoms with E-state index in [1.165, 1.54) is 19.3 Å². The van der Waals surface area contributed by atoms with Crippen molar-refractivity contribution in [1.82, 2.24) is 4.90 Å². The molecule has 2 aliphatic rings. The average Bonchev–Trinajstić information content (AvgIpc) is 2.17. The second-order valence-electron chi connectivity index (χ2n) is 8.60. The van der Waals surface area contributed by atoms with Crippen LogP contribution < -0.4 is 0 Å². The van der Waals surface area contributed by atoms with E-state index in [0.29, 0.717) is 16.9 Å². The Morgan fingerprint density at radius 1 is 1.15 bits per heavy atom. The topological polar surface area (TPSA) is 49.8 Å². The Morgan fingerprint density at radius 3 is 2.10 bits per heavy atom. The standard InChI is InChI=1S/C16H29NO3/c1-14(2)6-12(7-15(3,4)9-14)17-10-16(5,11-17)20-8-13(18)19/h12H,6-11H2,1-5H3,(H,18,19). The van der Waals surface area contributed by atoms with Gasteiger partial charge in [0.2, 0.25) is 0 Å². The molecule has 0 radical (unpaired) electrons. The van der Waals surface area contributed by atoms with Crippen LogP contribution in [0.25, 0.3) is 0 Å². The molecule has 116 valence electrons. The maximum absolute atomic E-state index is 10.6. The summed E-state index contributed by atoms with van der Waals surface area (Å²) in [5.74, 6) is -0.885. The third-order valence-corrected chi connectivity index (χ3v) is 4.67. The smallest absolute Gasteiger partial charge is 0.329 e. The van der Waals surface area contributed by atoms with E-state index in [9.17, 15) is 4.79 Å². The number of carboxylic acids is 1. The first-order valence-electron chi connectivity index (χ1n) is 7.60. The van der Waals surface area contributed by atoms with Crippen LogP contribution in [-0.2, 0) is 9.53 Å². The molecule has 4 heteroatoms. The Hall–Kier alpha value is -0.610. The van der Waals surface area contributed by atoms with Crippen LogP contribution >= 0.6 is 0 Å². The van der Waals surface area contributed by atoms with Crippen molar-refractivity contribution < 1.29 is 14.6 Å². The van der Waals surface area contributed by atoms with E-state index in [4.69, 9.17) is 9.84 Å². The normalized spacial score (nSPS) is 28.9.